The first-order valence-corrected chi connectivity index (χ1v) is 8.70. The Bertz CT molecular complexity index is 601. The summed E-state index contributed by atoms with van der Waals surface area (Å²) in [6, 6.07) is 5.58. The van der Waals surface area contributed by atoms with Gasteiger partial charge in [0.1, 0.15) is 11.8 Å². The second-order valence-electron chi connectivity index (χ2n) is 8.24. The second kappa shape index (κ2) is 9.00. The van der Waals surface area contributed by atoms with Gasteiger partial charge >= 0.3 is 0 Å². The molecule has 0 spiro atoms. The zero-order valence-electron chi connectivity index (χ0n) is 16.3. The molecular formula is C19H31N3O4. The van der Waals surface area contributed by atoms with Crippen LogP contribution in [0.3, 0.4) is 0 Å². The molecular weight excluding hydrogens is 334 g/mol. The molecule has 1 rings (SSSR count). The van der Waals surface area contributed by atoms with Crippen molar-refractivity contribution in [2.45, 2.75) is 59.0 Å². The van der Waals surface area contributed by atoms with Gasteiger partial charge in [0, 0.05) is 11.1 Å². The van der Waals surface area contributed by atoms with Gasteiger partial charge in [0.15, 0.2) is 0 Å². The van der Waals surface area contributed by atoms with Crippen molar-refractivity contribution in [3.8, 4) is 5.75 Å². The van der Waals surface area contributed by atoms with Crippen LogP contribution in [-0.4, -0.2) is 35.2 Å². The molecule has 26 heavy (non-hydrogen) atoms. The normalized spacial score (nSPS) is 13.0. The van der Waals surface area contributed by atoms with Gasteiger partial charge in [-0.05, 0) is 56.4 Å². The number of carbonyl (C=O) groups excluding carboxylic acids is 2. The fourth-order valence-corrected chi connectivity index (χ4v) is 2.36. The van der Waals surface area contributed by atoms with Crippen LogP contribution in [-0.2, 0) is 4.79 Å². The number of hydrogen-bond donors (Lipinski definition) is 4. The minimum atomic E-state index is -1.08. The lowest BCUT2D eigenvalue weighted by molar-refractivity contribution is -0.132. The van der Waals surface area contributed by atoms with Gasteiger partial charge in [0.2, 0.25) is 0 Å². The van der Waals surface area contributed by atoms with E-state index in [1.807, 2.05) is 0 Å². The van der Waals surface area contributed by atoms with E-state index >= 15 is 0 Å². The molecule has 0 aliphatic rings. The van der Waals surface area contributed by atoms with Crippen molar-refractivity contribution in [1.82, 2.24) is 10.8 Å². The largest absolute Gasteiger partial charge is 0.494 e. The monoisotopic (exact) mass is 365 g/mol. The summed E-state index contributed by atoms with van der Waals surface area (Å²) in [6.07, 6.45) is 2.02. The van der Waals surface area contributed by atoms with E-state index in [1.54, 1.807) is 38.1 Å². The SMILES string of the molecule is CC(C)(C)CCCOc1ccc(C(=O)NC(C(=O)NO)C(C)(C)N)cc1. The maximum absolute atomic E-state index is 12.3. The van der Waals surface area contributed by atoms with Crippen molar-refractivity contribution in [2.24, 2.45) is 11.1 Å². The molecule has 0 aliphatic carbocycles. The highest BCUT2D eigenvalue weighted by Gasteiger charge is 2.33. The lowest BCUT2D eigenvalue weighted by Crippen LogP contribution is -2.61. The van der Waals surface area contributed by atoms with Gasteiger partial charge in [-0.25, -0.2) is 5.48 Å². The maximum atomic E-state index is 12.3. The number of ether oxygens (including phenoxy) is 1. The standard InChI is InChI=1S/C19H31N3O4/c1-18(2,3)11-6-12-26-14-9-7-13(8-10-14)16(23)21-15(17(24)22-25)19(4,5)20/h7-10,15,25H,6,11-12,20H2,1-5H3,(H,21,23)(H,22,24). The Kier molecular flexibility index (Phi) is 7.59. The number of nitrogens with two attached hydrogens (primary N) is 1. The van der Waals surface area contributed by atoms with E-state index in [1.165, 1.54) is 5.48 Å². The van der Waals surface area contributed by atoms with Gasteiger partial charge < -0.3 is 15.8 Å². The molecule has 7 nitrogen and oxygen atoms in total. The van der Waals surface area contributed by atoms with E-state index in [9.17, 15) is 9.59 Å². The highest BCUT2D eigenvalue weighted by atomic mass is 16.5. The Morgan fingerprint density at radius 2 is 1.73 bits per heavy atom. The molecule has 0 saturated carbocycles. The molecule has 5 N–H and O–H groups in total. The summed E-state index contributed by atoms with van der Waals surface area (Å²) in [6.45, 7) is 10.3. The molecule has 1 aromatic rings. The van der Waals surface area contributed by atoms with Crippen LogP contribution in [0.15, 0.2) is 24.3 Å². The third-order valence-electron chi connectivity index (χ3n) is 3.85. The fourth-order valence-electron chi connectivity index (χ4n) is 2.36. The summed E-state index contributed by atoms with van der Waals surface area (Å²) in [5, 5.41) is 11.4. The van der Waals surface area contributed by atoms with Gasteiger partial charge in [-0.2, -0.15) is 0 Å². The zero-order chi connectivity index (χ0) is 20.0. The first kappa shape index (κ1) is 21.9. The molecule has 0 heterocycles. The molecule has 1 unspecified atom stereocenters. The summed E-state index contributed by atoms with van der Waals surface area (Å²) in [7, 11) is 0. The molecule has 2 amide bonds. The van der Waals surface area contributed by atoms with Crippen LogP contribution < -0.4 is 21.3 Å². The lowest BCUT2D eigenvalue weighted by Gasteiger charge is -2.29. The van der Waals surface area contributed by atoms with Gasteiger partial charge in [0.05, 0.1) is 6.61 Å². The summed E-state index contributed by atoms with van der Waals surface area (Å²) < 4.78 is 5.68. The third-order valence-corrected chi connectivity index (χ3v) is 3.85. The maximum Gasteiger partial charge on any atom is 0.267 e. The minimum absolute atomic E-state index is 0.277. The Balaban J connectivity index is 2.64. The van der Waals surface area contributed by atoms with E-state index in [0.717, 1.165) is 12.8 Å². The van der Waals surface area contributed by atoms with E-state index < -0.39 is 23.4 Å². The first-order valence-electron chi connectivity index (χ1n) is 8.70. The van der Waals surface area contributed by atoms with E-state index in [4.69, 9.17) is 15.7 Å². The van der Waals surface area contributed by atoms with E-state index in [-0.39, 0.29) is 5.41 Å². The van der Waals surface area contributed by atoms with Crippen molar-refractivity contribution in [1.29, 1.82) is 0 Å². The number of amides is 2. The number of hydroxylamine groups is 1. The number of benzene rings is 1. The van der Waals surface area contributed by atoms with Crippen molar-refractivity contribution >= 4 is 11.8 Å². The van der Waals surface area contributed by atoms with E-state index in [0.29, 0.717) is 17.9 Å². The molecule has 0 fully saturated rings. The Labute approximate surface area is 155 Å². The predicted octanol–water partition coefficient (Wildman–Crippen LogP) is 2.23. The van der Waals surface area contributed by atoms with Crippen molar-refractivity contribution in [3.63, 3.8) is 0 Å². The molecule has 0 aromatic heterocycles. The third kappa shape index (κ3) is 7.41. The van der Waals surface area contributed by atoms with Crippen LogP contribution in [0.25, 0.3) is 0 Å². The van der Waals surface area contributed by atoms with Crippen molar-refractivity contribution in [3.05, 3.63) is 29.8 Å². The summed E-state index contributed by atoms with van der Waals surface area (Å²) in [4.78, 5) is 24.1. The van der Waals surface area contributed by atoms with Crippen LogP contribution in [0.4, 0.5) is 0 Å². The molecule has 0 radical (unpaired) electrons. The Morgan fingerprint density at radius 3 is 2.19 bits per heavy atom. The molecule has 146 valence electrons. The summed E-state index contributed by atoms with van der Waals surface area (Å²) >= 11 is 0. The van der Waals surface area contributed by atoms with Crippen molar-refractivity contribution in [2.75, 3.05) is 6.61 Å². The Morgan fingerprint density at radius 1 is 1.15 bits per heavy atom. The highest BCUT2D eigenvalue weighted by molar-refractivity contribution is 5.97. The van der Waals surface area contributed by atoms with Gasteiger partial charge in [-0.15, -0.1) is 0 Å². The van der Waals surface area contributed by atoms with Crippen LogP contribution in [0, 0.1) is 5.41 Å². The fraction of sp³-hybridized carbons (Fsp3) is 0.579. The quantitative estimate of drug-likeness (QED) is 0.320. The zero-order valence-corrected chi connectivity index (χ0v) is 16.3. The van der Waals surface area contributed by atoms with Crippen LogP contribution in [0.2, 0.25) is 0 Å². The molecule has 7 heteroatoms. The van der Waals surface area contributed by atoms with Gasteiger partial charge in [-0.1, -0.05) is 20.8 Å². The van der Waals surface area contributed by atoms with Crippen LogP contribution in [0.5, 0.6) is 5.75 Å². The van der Waals surface area contributed by atoms with Gasteiger partial charge in [-0.3, -0.25) is 14.8 Å². The summed E-state index contributed by atoms with van der Waals surface area (Å²) in [5.74, 6) is -0.555. The molecule has 1 atom stereocenters. The van der Waals surface area contributed by atoms with E-state index in [2.05, 4.69) is 26.1 Å². The predicted molar refractivity (Wildman–Crippen MR) is 100 cm³/mol. The topological polar surface area (TPSA) is 114 Å². The number of carbonyl (C=O) groups is 2. The number of nitrogens with one attached hydrogen (secondary N) is 2. The van der Waals surface area contributed by atoms with Crippen LogP contribution >= 0.6 is 0 Å². The first-order chi connectivity index (χ1) is 11.9. The highest BCUT2D eigenvalue weighted by Crippen LogP contribution is 2.21. The van der Waals surface area contributed by atoms with Crippen molar-refractivity contribution < 1.29 is 19.5 Å². The average Bonchev–Trinajstić information content (AvgIpc) is 2.54. The molecule has 0 aliphatic heterocycles. The molecule has 0 saturated heterocycles. The minimum Gasteiger partial charge on any atom is -0.494 e. The molecule has 1 aromatic carbocycles. The smallest absolute Gasteiger partial charge is 0.267 e. The lowest BCUT2D eigenvalue weighted by atomic mass is 9.91. The summed E-state index contributed by atoms with van der Waals surface area (Å²) in [5.41, 5.74) is 7.02. The number of rotatable bonds is 8. The molecule has 0 bridgehead atoms. The second-order valence-corrected chi connectivity index (χ2v) is 8.24. The average molecular weight is 365 g/mol. The Hall–Kier alpha value is -2.12. The van der Waals surface area contributed by atoms with Crippen LogP contribution in [0.1, 0.15) is 57.8 Å². The van der Waals surface area contributed by atoms with Gasteiger partial charge in [0.25, 0.3) is 11.8 Å². The number of hydrogen-bond acceptors (Lipinski definition) is 5.